The van der Waals surface area contributed by atoms with E-state index in [9.17, 15) is 14.0 Å². The lowest BCUT2D eigenvalue weighted by Gasteiger charge is -2.26. The van der Waals surface area contributed by atoms with Crippen molar-refractivity contribution in [2.24, 2.45) is 0 Å². The third-order valence-electron chi connectivity index (χ3n) is 5.64. The van der Waals surface area contributed by atoms with Crippen LogP contribution in [0.4, 0.5) is 4.39 Å². The van der Waals surface area contributed by atoms with Crippen LogP contribution in [0.5, 0.6) is 0 Å². The van der Waals surface area contributed by atoms with Crippen molar-refractivity contribution in [3.8, 4) is 0 Å². The van der Waals surface area contributed by atoms with E-state index in [4.69, 9.17) is 4.74 Å². The van der Waals surface area contributed by atoms with Gasteiger partial charge in [-0.3, -0.25) is 19.2 Å². The highest BCUT2D eigenvalue weighted by Crippen LogP contribution is 2.17. The normalized spacial score (nSPS) is 17.3. The Kier molecular flexibility index (Phi) is 6.93. The molecular weight excluding hydrogens is 401 g/mol. The average molecular weight is 429 g/mol. The zero-order valence-electron chi connectivity index (χ0n) is 17.6. The third-order valence-corrected chi connectivity index (χ3v) is 5.64. The minimum Gasteiger partial charge on any atom is -0.379 e. The fourth-order valence-electron chi connectivity index (χ4n) is 3.93. The largest absolute Gasteiger partial charge is 0.379 e. The molecule has 0 radical (unpaired) electrons. The number of rotatable bonds is 7. The molecule has 1 aromatic heterocycles. The number of aryl methyl sites for hydroxylation is 1. The van der Waals surface area contributed by atoms with Crippen molar-refractivity contribution in [1.29, 1.82) is 0 Å². The number of amides is 2. The van der Waals surface area contributed by atoms with Crippen LogP contribution in [-0.2, 0) is 17.8 Å². The Hall–Kier alpha value is -2.78. The van der Waals surface area contributed by atoms with Crippen molar-refractivity contribution >= 4 is 11.8 Å². The molecule has 3 heterocycles. The van der Waals surface area contributed by atoms with Crippen molar-refractivity contribution in [2.45, 2.75) is 25.9 Å². The standard InChI is InChI=1S/C22H28FN5O3/c23-18-5-3-17(4-6-18)16-27-9-2-10-28-20(22(27)30)15-19(25-28)21(29)24-7-1-8-26-11-13-31-14-12-26/h3-6,15H,1-2,7-14,16H2,(H,24,29). The van der Waals surface area contributed by atoms with Gasteiger partial charge in [-0.25, -0.2) is 4.39 Å². The molecule has 1 saturated heterocycles. The summed E-state index contributed by atoms with van der Waals surface area (Å²) in [6, 6.07) is 7.72. The van der Waals surface area contributed by atoms with Crippen LogP contribution < -0.4 is 5.32 Å². The molecule has 8 nitrogen and oxygen atoms in total. The molecule has 0 saturated carbocycles. The second-order valence-corrected chi connectivity index (χ2v) is 7.91. The topological polar surface area (TPSA) is 79.7 Å². The fourth-order valence-corrected chi connectivity index (χ4v) is 3.93. The Balaban J connectivity index is 1.33. The molecule has 2 aliphatic rings. The first-order valence-corrected chi connectivity index (χ1v) is 10.8. The molecule has 0 spiro atoms. The van der Waals surface area contributed by atoms with Crippen LogP contribution >= 0.6 is 0 Å². The molecular formula is C22H28FN5O3. The summed E-state index contributed by atoms with van der Waals surface area (Å²) in [5, 5.41) is 7.26. The number of nitrogens with one attached hydrogen (secondary N) is 1. The lowest BCUT2D eigenvalue weighted by molar-refractivity contribution is 0.0374. The SMILES string of the molecule is O=C(NCCCN1CCOCC1)c1cc2n(n1)CCCN(Cc1ccc(F)cc1)C2=O. The third kappa shape index (κ3) is 5.48. The highest BCUT2D eigenvalue weighted by Gasteiger charge is 2.26. The molecule has 9 heteroatoms. The van der Waals surface area contributed by atoms with E-state index in [0.29, 0.717) is 31.9 Å². The first-order valence-electron chi connectivity index (χ1n) is 10.8. The molecule has 31 heavy (non-hydrogen) atoms. The minimum absolute atomic E-state index is 0.166. The minimum atomic E-state index is -0.301. The molecule has 2 aromatic rings. The van der Waals surface area contributed by atoms with Gasteiger partial charge in [-0.15, -0.1) is 0 Å². The Morgan fingerprint density at radius 2 is 1.90 bits per heavy atom. The number of hydrogen-bond donors (Lipinski definition) is 1. The number of hydrogen-bond acceptors (Lipinski definition) is 5. The molecule has 2 aliphatic heterocycles. The highest BCUT2D eigenvalue weighted by molar-refractivity contribution is 5.98. The average Bonchev–Trinajstić information content (AvgIpc) is 3.16. The number of morpholine rings is 1. The summed E-state index contributed by atoms with van der Waals surface area (Å²) in [5.74, 6) is -0.731. The summed E-state index contributed by atoms with van der Waals surface area (Å²) in [7, 11) is 0. The quantitative estimate of drug-likeness (QED) is 0.675. The Labute approximate surface area is 180 Å². The van der Waals surface area contributed by atoms with Crippen LogP contribution in [0.2, 0.25) is 0 Å². The number of carbonyl (C=O) groups excluding carboxylic acids is 2. The molecule has 0 aliphatic carbocycles. The smallest absolute Gasteiger partial charge is 0.272 e. The maximum absolute atomic E-state index is 13.2. The monoisotopic (exact) mass is 429 g/mol. The van der Waals surface area contributed by atoms with E-state index < -0.39 is 0 Å². The van der Waals surface area contributed by atoms with Gasteiger partial charge in [0.25, 0.3) is 11.8 Å². The van der Waals surface area contributed by atoms with Gasteiger partial charge in [0.15, 0.2) is 5.69 Å². The van der Waals surface area contributed by atoms with Gasteiger partial charge >= 0.3 is 0 Å². The van der Waals surface area contributed by atoms with Gasteiger partial charge in [0.05, 0.1) is 13.2 Å². The van der Waals surface area contributed by atoms with E-state index in [2.05, 4.69) is 15.3 Å². The van der Waals surface area contributed by atoms with Gasteiger partial charge in [-0.05, 0) is 37.1 Å². The zero-order chi connectivity index (χ0) is 21.6. The van der Waals surface area contributed by atoms with Gasteiger partial charge in [-0.2, -0.15) is 5.10 Å². The number of nitrogens with zero attached hydrogens (tertiary/aromatic N) is 4. The molecule has 0 unspecified atom stereocenters. The molecule has 0 bridgehead atoms. The van der Waals surface area contributed by atoms with Gasteiger partial charge in [-0.1, -0.05) is 12.1 Å². The van der Waals surface area contributed by atoms with Crippen LogP contribution in [0.1, 0.15) is 39.4 Å². The number of carbonyl (C=O) groups is 2. The fraction of sp³-hybridized carbons (Fsp3) is 0.500. The molecule has 2 amide bonds. The van der Waals surface area contributed by atoms with Crippen LogP contribution in [0, 0.1) is 5.82 Å². The number of benzene rings is 1. The summed E-state index contributed by atoms with van der Waals surface area (Å²) < 4.78 is 20.1. The van der Waals surface area contributed by atoms with Crippen molar-refractivity contribution < 1.29 is 18.7 Å². The number of aromatic nitrogens is 2. The van der Waals surface area contributed by atoms with E-state index in [0.717, 1.165) is 51.3 Å². The van der Waals surface area contributed by atoms with Crippen LogP contribution in [0.15, 0.2) is 30.3 Å². The second kappa shape index (κ2) is 10.0. The van der Waals surface area contributed by atoms with E-state index in [1.165, 1.54) is 12.1 Å². The number of halogens is 1. The first-order chi connectivity index (χ1) is 15.1. The van der Waals surface area contributed by atoms with Gasteiger partial charge in [0.1, 0.15) is 11.5 Å². The van der Waals surface area contributed by atoms with E-state index in [1.54, 1.807) is 27.8 Å². The number of ether oxygens (including phenoxy) is 1. The Morgan fingerprint density at radius 3 is 2.68 bits per heavy atom. The van der Waals surface area contributed by atoms with E-state index in [1.807, 2.05) is 0 Å². The summed E-state index contributed by atoms with van der Waals surface area (Å²) in [6.45, 7) is 6.42. The maximum atomic E-state index is 13.2. The Bertz CT molecular complexity index is 908. The maximum Gasteiger partial charge on any atom is 0.272 e. The molecule has 1 fully saturated rings. The van der Waals surface area contributed by atoms with E-state index >= 15 is 0 Å². The van der Waals surface area contributed by atoms with Gasteiger partial charge in [0.2, 0.25) is 0 Å². The summed E-state index contributed by atoms with van der Waals surface area (Å²) in [5.41, 5.74) is 1.54. The lowest BCUT2D eigenvalue weighted by Crippen LogP contribution is -2.38. The van der Waals surface area contributed by atoms with Crippen molar-refractivity contribution in [3.05, 3.63) is 53.1 Å². The first kappa shape index (κ1) is 21.5. The van der Waals surface area contributed by atoms with E-state index in [-0.39, 0.29) is 23.3 Å². The predicted octanol–water partition coefficient (Wildman–Crippen LogP) is 1.52. The molecule has 166 valence electrons. The zero-order valence-corrected chi connectivity index (χ0v) is 17.6. The molecule has 1 N–H and O–H groups in total. The van der Waals surface area contributed by atoms with Gasteiger partial charge < -0.3 is 15.0 Å². The van der Waals surface area contributed by atoms with Crippen molar-refractivity contribution in [3.63, 3.8) is 0 Å². The van der Waals surface area contributed by atoms with Gasteiger partial charge in [0, 0.05) is 45.3 Å². The Morgan fingerprint density at radius 1 is 1.13 bits per heavy atom. The highest BCUT2D eigenvalue weighted by atomic mass is 19.1. The second-order valence-electron chi connectivity index (χ2n) is 7.91. The molecule has 0 atom stereocenters. The summed E-state index contributed by atoms with van der Waals surface area (Å²) >= 11 is 0. The van der Waals surface area contributed by atoms with Crippen LogP contribution in [-0.4, -0.2) is 77.3 Å². The predicted molar refractivity (Wildman–Crippen MR) is 112 cm³/mol. The lowest BCUT2D eigenvalue weighted by atomic mass is 10.2. The summed E-state index contributed by atoms with van der Waals surface area (Å²) in [4.78, 5) is 29.6. The molecule has 1 aromatic carbocycles. The van der Waals surface area contributed by atoms with Crippen LogP contribution in [0.3, 0.4) is 0 Å². The van der Waals surface area contributed by atoms with Crippen LogP contribution in [0.25, 0.3) is 0 Å². The number of fused-ring (bicyclic) bond motifs is 1. The van der Waals surface area contributed by atoms with Crippen molar-refractivity contribution in [1.82, 2.24) is 24.9 Å². The molecule has 4 rings (SSSR count). The van der Waals surface area contributed by atoms with Crippen molar-refractivity contribution in [2.75, 3.05) is 45.9 Å². The summed E-state index contributed by atoms with van der Waals surface area (Å²) in [6.07, 6.45) is 1.59.